The number of hydrogen-bond acceptors (Lipinski definition) is 4. The van der Waals surface area contributed by atoms with Gasteiger partial charge in [0, 0.05) is 24.3 Å². The third-order valence-electron chi connectivity index (χ3n) is 3.28. The van der Waals surface area contributed by atoms with Gasteiger partial charge in [-0.1, -0.05) is 25.1 Å². The molecule has 4 heteroatoms. The van der Waals surface area contributed by atoms with Crippen molar-refractivity contribution in [3.8, 4) is 0 Å². The van der Waals surface area contributed by atoms with E-state index in [9.17, 15) is 15.3 Å². The SMILES string of the molecule is CC[C@H](O)c1ccccc1N1CC(O)C(O)C1. The molecular formula is C13H19NO3. The van der Waals surface area contributed by atoms with E-state index in [0.717, 1.165) is 11.3 Å². The first kappa shape index (κ1) is 12.4. The van der Waals surface area contributed by atoms with Crippen LogP contribution in [0.3, 0.4) is 0 Å². The van der Waals surface area contributed by atoms with Gasteiger partial charge in [0.2, 0.25) is 0 Å². The van der Waals surface area contributed by atoms with Crippen molar-refractivity contribution in [2.45, 2.75) is 31.7 Å². The van der Waals surface area contributed by atoms with Crippen LogP contribution >= 0.6 is 0 Å². The molecule has 2 unspecified atom stereocenters. The molecule has 0 aliphatic carbocycles. The van der Waals surface area contributed by atoms with E-state index in [0.29, 0.717) is 19.5 Å². The molecule has 2 rings (SSSR count). The van der Waals surface area contributed by atoms with Crippen molar-refractivity contribution in [3.63, 3.8) is 0 Å². The summed E-state index contributed by atoms with van der Waals surface area (Å²) in [5, 5.41) is 29.1. The molecule has 0 amide bonds. The lowest BCUT2D eigenvalue weighted by atomic mass is 10.0. The number of aliphatic hydroxyl groups excluding tert-OH is 3. The molecule has 1 aliphatic rings. The van der Waals surface area contributed by atoms with Crippen molar-refractivity contribution < 1.29 is 15.3 Å². The molecular weight excluding hydrogens is 218 g/mol. The molecule has 1 heterocycles. The van der Waals surface area contributed by atoms with Crippen LogP contribution in [0.4, 0.5) is 5.69 Å². The van der Waals surface area contributed by atoms with Gasteiger partial charge in [0.15, 0.2) is 0 Å². The Morgan fingerprint density at radius 3 is 2.41 bits per heavy atom. The molecule has 1 aromatic rings. The fourth-order valence-electron chi connectivity index (χ4n) is 2.24. The van der Waals surface area contributed by atoms with Gasteiger partial charge >= 0.3 is 0 Å². The average molecular weight is 237 g/mol. The van der Waals surface area contributed by atoms with Crippen LogP contribution in [0, 0.1) is 0 Å². The second-order valence-electron chi connectivity index (χ2n) is 4.52. The Morgan fingerprint density at radius 1 is 1.24 bits per heavy atom. The van der Waals surface area contributed by atoms with Crippen molar-refractivity contribution in [3.05, 3.63) is 29.8 Å². The zero-order valence-corrected chi connectivity index (χ0v) is 9.95. The summed E-state index contributed by atoms with van der Waals surface area (Å²) in [6, 6.07) is 7.60. The topological polar surface area (TPSA) is 63.9 Å². The first-order chi connectivity index (χ1) is 8.13. The first-order valence-corrected chi connectivity index (χ1v) is 6.01. The van der Waals surface area contributed by atoms with Crippen LogP contribution < -0.4 is 4.90 Å². The van der Waals surface area contributed by atoms with Crippen LogP contribution in [0.5, 0.6) is 0 Å². The zero-order chi connectivity index (χ0) is 12.4. The first-order valence-electron chi connectivity index (χ1n) is 6.01. The fourth-order valence-corrected chi connectivity index (χ4v) is 2.24. The predicted octanol–water partition coefficient (Wildman–Crippen LogP) is 0.672. The third-order valence-corrected chi connectivity index (χ3v) is 3.28. The number of hydrogen-bond donors (Lipinski definition) is 3. The van der Waals surface area contributed by atoms with Gasteiger partial charge in [0.25, 0.3) is 0 Å². The maximum absolute atomic E-state index is 9.95. The van der Waals surface area contributed by atoms with Crippen molar-refractivity contribution in [2.75, 3.05) is 18.0 Å². The van der Waals surface area contributed by atoms with Crippen LogP contribution in [0.25, 0.3) is 0 Å². The summed E-state index contributed by atoms with van der Waals surface area (Å²) in [6.07, 6.45) is -1.26. The van der Waals surface area contributed by atoms with Crippen LogP contribution in [-0.2, 0) is 0 Å². The molecule has 0 saturated carbocycles. The Labute approximate surface area is 101 Å². The van der Waals surface area contributed by atoms with Gasteiger partial charge in [-0.2, -0.15) is 0 Å². The monoisotopic (exact) mass is 237 g/mol. The van der Waals surface area contributed by atoms with E-state index in [1.165, 1.54) is 0 Å². The van der Waals surface area contributed by atoms with E-state index in [-0.39, 0.29) is 0 Å². The summed E-state index contributed by atoms with van der Waals surface area (Å²) in [6.45, 7) is 2.75. The molecule has 4 nitrogen and oxygen atoms in total. The van der Waals surface area contributed by atoms with Crippen LogP contribution in [0.15, 0.2) is 24.3 Å². The Balaban J connectivity index is 2.26. The summed E-state index contributed by atoms with van der Waals surface area (Å²) in [4.78, 5) is 1.92. The normalized spacial score (nSPS) is 26.2. The van der Waals surface area contributed by atoms with Crippen LogP contribution in [0.2, 0.25) is 0 Å². The Morgan fingerprint density at radius 2 is 1.82 bits per heavy atom. The quantitative estimate of drug-likeness (QED) is 0.723. The predicted molar refractivity (Wildman–Crippen MR) is 65.9 cm³/mol. The average Bonchev–Trinajstić information content (AvgIpc) is 2.68. The van der Waals surface area contributed by atoms with E-state index in [2.05, 4.69) is 0 Å². The summed E-state index contributed by atoms with van der Waals surface area (Å²) in [5.41, 5.74) is 1.76. The van der Waals surface area contributed by atoms with Crippen molar-refractivity contribution >= 4 is 5.69 Å². The van der Waals surface area contributed by atoms with Gasteiger partial charge in [-0.15, -0.1) is 0 Å². The molecule has 0 radical (unpaired) electrons. The Kier molecular flexibility index (Phi) is 3.66. The largest absolute Gasteiger partial charge is 0.389 e. The Hall–Kier alpha value is -1.10. The summed E-state index contributed by atoms with van der Waals surface area (Å²) >= 11 is 0. The van der Waals surface area contributed by atoms with E-state index < -0.39 is 18.3 Å². The van der Waals surface area contributed by atoms with Gasteiger partial charge in [-0.05, 0) is 12.5 Å². The maximum Gasteiger partial charge on any atom is 0.0990 e. The van der Waals surface area contributed by atoms with Gasteiger partial charge in [0.1, 0.15) is 0 Å². The highest BCUT2D eigenvalue weighted by atomic mass is 16.3. The number of para-hydroxylation sites is 1. The highest BCUT2D eigenvalue weighted by Crippen LogP contribution is 2.30. The zero-order valence-electron chi connectivity index (χ0n) is 9.95. The third kappa shape index (κ3) is 2.44. The van der Waals surface area contributed by atoms with Crippen molar-refractivity contribution in [1.29, 1.82) is 0 Å². The number of nitrogens with zero attached hydrogens (tertiary/aromatic N) is 1. The van der Waals surface area contributed by atoms with Crippen LogP contribution in [-0.4, -0.2) is 40.6 Å². The summed E-state index contributed by atoms with van der Waals surface area (Å²) in [7, 11) is 0. The second kappa shape index (κ2) is 5.04. The minimum atomic E-state index is -0.707. The van der Waals surface area contributed by atoms with E-state index in [4.69, 9.17) is 0 Å². The number of rotatable bonds is 3. The van der Waals surface area contributed by atoms with Crippen molar-refractivity contribution in [1.82, 2.24) is 0 Å². The molecule has 1 saturated heterocycles. The molecule has 3 atom stereocenters. The minimum Gasteiger partial charge on any atom is -0.389 e. The van der Waals surface area contributed by atoms with E-state index in [1.54, 1.807) is 0 Å². The lowest BCUT2D eigenvalue weighted by Crippen LogP contribution is -2.23. The highest BCUT2D eigenvalue weighted by molar-refractivity contribution is 5.55. The standard InChI is InChI=1S/C13H19NO3/c1-2-11(15)9-5-3-4-6-10(9)14-7-12(16)13(17)8-14/h3-6,11-13,15-17H,2,7-8H2,1H3/t11-,12?,13?/m0/s1. The van der Waals surface area contributed by atoms with Gasteiger partial charge in [-0.25, -0.2) is 0 Å². The molecule has 1 aliphatic heterocycles. The molecule has 3 N–H and O–H groups in total. The lowest BCUT2D eigenvalue weighted by molar-refractivity contribution is 0.0572. The summed E-state index contributed by atoms with van der Waals surface area (Å²) < 4.78 is 0. The molecule has 17 heavy (non-hydrogen) atoms. The maximum atomic E-state index is 9.95. The molecule has 0 spiro atoms. The van der Waals surface area contributed by atoms with Crippen LogP contribution in [0.1, 0.15) is 25.0 Å². The molecule has 0 bridgehead atoms. The fraction of sp³-hybridized carbons (Fsp3) is 0.538. The molecule has 94 valence electrons. The second-order valence-corrected chi connectivity index (χ2v) is 4.52. The van der Waals surface area contributed by atoms with Gasteiger partial charge in [0.05, 0.1) is 18.3 Å². The van der Waals surface area contributed by atoms with E-state index >= 15 is 0 Å². The minimum absolute atomic E-state index is 0.411. The van der Waals surface area contributed by atoms with E-state index in [1.807, 2.05) is 36.1 Å². The smallest absolute Gasteiger partial charge is 0.0990 e. The van der Waals surface area contributed by atoms with Crippen molar-refractivity contribution in [2.24, 2.45) is 0 Å². The summed E-state index contributed by atoms with van der Waals surface area (Å²) in [5.74, 6) is 0. The highest BCUT2D eigenvalue weighted by Gasteiger charge is 2.31. The number of benzene rings is 1. The van der Waals surface area contributed by atoms with Gasteiger partial charge < -0.3 is 20.2 Å². The number of aliphatic hydroxyl groups is 3. The molecule has 1 fully saturated rings. The lowest BCUT2D eigenvalue weighted by Gasteiger charge is -2.23. The number of β-amino-alcohol motifs (C(OH)–C–C–N with tert-alkyl or cyclic N) is 2. The Bertz CT molecular complexity index is 373. The van der Waals surface area contributed by atoms with Gasteiger partial charge in [-0.3, -0.25) is 0 Å². The molecule has 1 aromatic carbocycles. The number of anilines is 1. The molecule has 0 aromatic heterocycles.